The number of nitrogens with zero attached hydrogens (tertiary/aromatic N) is 2. The number of anilines is 1. The molecule has 1 amide bonds. The molecule has 0 atom stereocenters. The molecule has 0 aliphatic heterocycles. The van der Waals surface area contributed by atoms with Crippen molar-refractivity contribution < 1.29 is 4.79 Å². The summed E-state index contributed by atoms with van der Waals surface area (Å²) in [6.07, 6.45) is 1.96. The van der Waals surface area contributed by atoms with Crippen molar-refractivity contribution in [2.24, 2.45) is 0 Å². The third-order valence-corrected chi connectivity index (χ3v) is 4.64. The molecule has 0 saturated carbocycles. The number of carbonyl (C=O) groups is 1. The molecule has 6 heteroatoms. The summed E-state index contributed by atoms with van der Waals surface area (Å²) in [7, 11) is 0. The van der Waals surface area contributed by atoms with Gasteiger partial charge in [-0.15, -0.1) is 11.3 Å². The first-order valence-corrected chi connectivity index (χ1v) is 7.01. The maximum atomic E-state index is 11.0. The highest BCUT2D eigenvalue weighted by molar-refractivity contribution is 7.19. The van der Waals surface area contributed by atoms with Gasteiger partial charge in [0.1, 0.15) is 0 Å². The molecule has 4 nitrogen and oxygen atoms in total. The SMILES string of the molecule is CC(=O)Nc1nc2c(s1)-c1nc(C)sc1CC2. The largest absolute Gasteiger partial charge is 0.302 e. The van der Waals surface area contributed by atoms with Crippen LogP contribution in [0.3, 0.4) is 0 Å². The number of hydrogen-bond donors (Lipinski definition) is 1. The first kappa shape index (κ1) is 10.9. The quantitative estimate of drug-likeness (QED) is 0.862. The molecule has 0 saturated heterocycles. The van der Waals surface area contributed by atoms with E-state index in [1.54, 1.807) is 11.3 Å². The lowest BCUT2D eigenvalue weighted by Crippen LogP contribution is -2.05. The molecule has 3 rings (SSSR count). The zero-order valence-corrected chi connectivity index (χ0v) is 11.2. The molecule has 88 valence electrons. The van der Waals surface area contributed by atoms with E-state index in [-0.39, 0.29) is 5.91 Å². The van der Waals surface area contributed by atoms with E-state index in [0.29, 0.717) is 5.13 Å². The third-order valence-electron chi connectivity index (χ3n) is 2.59. The molecule has 1 aliphatic carbocycles. The molecule has 0 spiro atoms. The molecule has 1 aliphatic rings. The van der Waals surface area contributed by atoms with Gasteiger partial charge in [-0.1, -0.05) is 11.3 Å². The first-order chi connectivity index (χ1) is 8.13. The highest BCUT2D eigenvalue weighted by Crippen LogP contribution is 2.41. The molecule has 17 heavy (non-hydrogen) atoms. The normalized spacial score (nSPS) is 13.1. The predicted octanol–water partition coefficient (Wildman–Crippen LogP) is 2.63. The summed E-state index contributed by atoms with van der Waals surface area (Å²) in [5, 5.41) is 4.52. The molecular formula is C11H11N3OS2. The lowest BCUT2D eigenvalue weighted by atomic mass is 10.1. The maximum absolute atomic E-state index is 11.0. The van der Waals surface area contributed by atoms with Crippen molar-refractivity contribution >= 4 is 33.7 Å². The van der Waals surface area contributed by atoms with Crippen molar-refractivity contribution in [1.82, 2.24) is 9.97 Å². The van der Waals surface area contributed by atoms with Crippen LogP contribution >= 0.6 is 22.7 Å². The highest BCUT2D eigenvalue weighted by Gasteiger charge is 2.24. The van der Waals surface area contributed by atoms with E-state index < -0.39 is 0 Å². The molecule has 2 aromatic heterocycles. The van der Waals surface area contributed by atoms with E-state index in [1.807, 2.05) is 6.92 Å². The van der Waals surface area contributed by atoms with Crippen molar-refractivity contribution in [2.75, 3.05) is 5.32 Å². The Morgan fingerprint density at radius 1 is 1.29 bits per heavy atom. The minimum absolute atomic E-state index is 0.0780. The monoisotopic (exact) mass is 265 g/mol. The Labute approximate surface area is 107 Å². The van der Waals surface area contributed by atoms with Gasteiger partial charge in [0, 0.05) is 11.8 Å². The van der Waals surface area contributed by atoms with Crippen molar-refractivity contribution in [3.05, 3.63) is 15.6 Å². The molecule has 0 fully saturated rings. The number of carbonyl (C=O) groups excluding carboxylic acids is 1. The summed E-state index contributed by atoms with van der Waals surface area (Å²) in [4.78, 5) is 22.5. The minimum atomic E-state index is -0.0780. The first-order valence-electron chi connectivity index (χ1n) is 5.37. The number of rotatable bonds is 1. The van der Waals surface area contributed by atoms with Crippen LogP contribution in [0.25, 0.3) is 10.6 Å². The Morgan fingerprint density at radius 3 is 2.88 bits per heavy atom. The summed E-state index contributed by atoms with van der Waals surface area (Å²) in [6.45, 7) is 3.53. The molecule has 0 unspecified atom stereocenters. The lowest BCUT2D eigenvalue weighted by molar-refractivity contribution is -0.114. The second-order valence-corrected chi connectivity index (χ2v) is 6.27. The number of nitrogens with one attached hydrogen (secondary N) is 1. The zero-order valence-electron chi connectivity index (χ0n) is 9.53. The van der Waals surface area contributed by atoms with Crippen molar-refractivity contribution in [1.29, 1.82) is 0 Å². The van der Waals surface area contributed by atoms with Crippen molar-refractivity contribution in [2.45, 2.75) is 26.7 Å². The summed E-state index contributed by atoms with van der Waals surface area (Å²) < 4.78 is 0. The van der Waals surface area contributed by atoms with Crippen LogP contribution < -0.4 is 5.32 Å². The minimum Gasteiger partial charge on any atom is -0.302 e. The van der Waals surface area contributed by atoms with Gasteiger partial charge in [0.2, 0.25) is 5.91 Å². The van der Waals surface area contributed by atoms with E-state index in [0.717, 1.165) is 34.1 Å². The number of aromatic nitrogens is 2. The Morgan fingerprint density at radius 2 is 2.12 bits per heavy atom. The van der Waals surface area contributed by atoms with Crippen LogP contribution in [0.4, 0.5) is 5.13 Å². The number of thiazole rings is 2. The average molecular weight is 265 g/mol. The molecular weight excluding hydrogens is 254 g/mol. The van der Waals surface area contributed by atoms with Crippen LogP contribution in [0.2, 0.25) is 0 Å². The summed E-state index contributed by atoms with van der Waals surface area (Å²) in [5.41, 5.74) is 2.14. The summed E-state index contributed by atoms with van der Waals surface area (Å²) in [6, 6.07) is 0. The number of amides is 1. The van der Waals surface area contributed by atoms with Gasteiger partial charge in [0.25, 0.3) is 0 Å². The number of hydrogen-bond acceptors (Lipinski definition) is 5. The second kappa shape index (κ2) is 3.89. The van der Waals surface area contributed by atoms with E-state index in [4.69, 9.17) is 0 Å². The van der Waals surface area contributed by atoms with Crippen molar-refractivity contribution in [3.8, 4) is 10.6 Å². The van der Waals surface area contributed by atoms with Crippen LogP contribution in [0.15, 0.2) is 0 Å². The van der Waals surface area contributed by atoms with E-state index in [1.165, 1.54) is 23.1 Å². The van der Waals surface area contributed by atoms with Crippen LogP contribution in [-0.2, 0) is 17.6 Å². The van der Waals surface area contributed by atoms with E-state index in [2.05, 4.69) is 15.3 Å². The van der Waals surface area contributed by atoms with E-state index in [9.17, 15) is 4.79 Å². The van der Waals surface area contributed by atoms with Gasteiger partial charge < -0.3 is 5.32 Å². The Kier molecular flexibility index (Phi) is 2.48. The van der Waals surface area contributed by atoms with Gasteiger partial charge in [-0.3, -0.25) is 4.79 Å². The fourth-order valence-corrected chi connectivity index (χ4v) is 4.04. The van der Waals surface area contributed by atoms with Gasteiger partial charge in [0.15, 0.2) is 5.13 Å². The lowest BCUT2D eigenvalue weighted by Gasteiger charge is -2.07. The molecule has 1 N–H and O–H groups in total. The van der Waals surface area contributed by atoms with Gasteiger partial charge in [-0.2, -0.15) is 0 Å². The van der Waals surface area contributed by atoms with Gasteiger partial charge in [0.05, 0.1) is 21.3 Å². The summed E-state index contributed by atoms with van der Waals surface area (Å²) in [5.74, 6) is -0.0780. The Balaban J connectivity index is 2.06. The van der Waals surface area contributed by atoms with Gasteiger partial charge in [-0.05, 0) is 19.8 Å². The zero-order chi connectivity index (χ0) is 12.0. The van der Waals surface area contributed by atoms with Crippen LogP contribution in [0, 0.1) is 6.92 Å². The Hall–Kier alpha value is -1.27. The number of aryl methyl sites for hydroxylation is 3. The molecule has 0 radical (unpaired) electrons. The average Bonchev–Trinajstić information content (AvgIpc) is 2.77. The molecule has 0 aromatic carbocycles. The van der Waals surface area contributed by atoms with Gasteiger partial charge >= 0.3 is 0 Å². The standard InChI is InChI=1S/C11H11N3OS2/c1-5(15)12-11-14-7-3-4-8-9(10(7)17-11)13-6(2)16-8/h3-4H2,1-2H3,(H,12,14,15). The molecule has 2 heterocycles. The third kappa shape index (κ3) is 1.87. The molecule has 0 bridgehead atoms. The second-order valence-electron chi connectivity index (χ2n) is 3.98. The highest BCUT2D eigenvalue weighted by atomic mass is 32.1. The van der Waals surface area contributed by atoms with Gasteiger partial charge in [-0.25, -0.2) is 9.97 Å². The smallest absolute Gasteiger partial charge is 0.223 e. The topological polar surface area (TPSA) is 54.9 Å². The molecule has 2 aromatic rings. The van der Waals surface area contributed by atoms with Crippen molar-refractivity contribution in [3.63, 3.8) is 0 Å². The number of fused-ring (bicyclic) bond motifs is 3. The fraction of sp³-hybridized carbons (Fsp3) is 0.364. The van der Waals surface area contributed by atoms with Crippen LogP contribution in [-0.4, -0.2) is 15.9 Å². The van der Waals surface area contributed by atoms with Crippen LogP contribution in [0.1, 0.15) is 22.5 Å². The fourth-order valence-electron chi connectivity index (χ4n) is 1.96. The van der Waals surface area contributed by atoms with E-state index >= 15 is 0 Å². The summed E-state index contributed by atoms with van der Waals surface area (Å²) >= 11 is 3.28. The predicted molar refractivity (Wildman–Crippen MR) is 69.7 cm³/mol. The Bertz CT molecular complexity index is 600. The van der Waals surface area contributed by atoms with Crippen LogP contribution in [0.5, 0.6) is 0 Å². The maximum Gasteiger partial charge on any atom is 0.223 e.